The van der Waals surface area contributed by atoms with Gasteiger partial charge in [0.05, 0.1) is 18.6 Å². The zero-order valence-electron chi connectivity index (χ0n) is 13.6. The van der Waals surface area contributed by atoms with Crippen LogP contribution in [0.3, 0.4) is 0 Å². The van der Waals surface area contributed by atoms with Crippen molar-refractivity contribution < 1.29 is 17.9 Å². The molecule has 0 heterocycles. The van der Waals surface area contributed by atoms with Gasteiger partial charge in [0.25, 0.3) is 0 Å². The molecule has 1 N–H and O–H groups in total. The number of anilines is 2. The van der Waals surface area contributed by atoms with E-state index in [1.54, 1.807) is 55.6 Å². The molecule has 0 unspecified atom stereocenters. The van der Waals surface area contributed by atoms with Crippen LogP contribution >= 0.6 is 0 Å². The van der Waals surface area contributed by atoms with Crippen molar-refractivity contribution in [2.75, 3.05) is 29.5 Å². The highest BCUT2D eigenvalue weighted by atomic mass is 32.2. The molecule has 7 heteroatoms. The fourth-order valence-electron chi connectivity index (χ4n) is 2.23. The van der Waals surface area contributed by atoms with Gasteiger partial charge in [0.1, 0.15) is 6.54 Å². The third-order valence-electron chi connectivity index (χ3n) is 3.25. The van der Waals surface area contributed by atoms with Crippen LogP contribution in [0.2, 0.25) is 0 Å². The summed E-state index contributed by atoms with van der Waals surface area (Å²) in [5.74, 6) is -0.418. The summed E-state index contributed by atoms with van der Waals surface area (Å²) < 4.78 is 30.1. The van der Waals surface area contributed by atoms with Gasteiger partial charge in [-0.05, 0) is 29.8 Å². The van der Waals surface area contributed by atoms with Gasteiger partial charge in [0, 0.05) is 12.8 Å². The minimum atomic E-state index is -3.57. The number of hydrogen-bond acceptors (Lipinski definition) is 4. The lowest BCUT2D eigenvalue weighted by atomic mass is 10.2. The molecular weight excluding hydrogens is 328 g/mol. The lowest BCUT2D eigenvalue weighted by molar-refractivity contribution is -0.114. The van der Waals surface area contributed by atoms with Gasteiger partial charge in [-0.15, -0.1) is 0 Å². The zero-order chi connectivity index (χ0) is 17.6. The fraction of sp³-hybridized carbons (Fsp3) is 0.235. The Balaban J connectivity index is 2.13. The first-order valence-corrected chi connectivity index (χ1v) is 9.15. The van der Waals surface area contributed by atoms with Crippen molar-refractivity contribution in [3.8, 4) is 0 Å². The fourth-order valence-corrected chi connectivity index (χ4v) is 3.09. The average Bonchev–Trinajstić information content (AvgIpc) is 2.53. The average molecular weight is 348 g/mol. The van der Waals surface area contributed by atoms with E-state index in [1.807, 2.05) is 6.07 Å². The van der Waals surface area contributed by atoms with E-state index in [0.29, 0.717) is 18.0 Å². The maximum atomic E-state index is 12.3. The monoisotopic (exact) mass is 348 g/mol. The molecule has 128 valence electrons. The van der Waals surface area contributed by atoms with Crippen molar-refractivity contribution in [3.63, 3.8) is 0 Å². The Bertz CT molecular complexity index is 791. The van der Waals surface area contributed by atoms with Gasteiger partial charge in [0.15, 0.2) is 0 Å². The van der Waals surface area contributed by atoms with E-state index >= 15 is 0 Å². The standard InChI is InChI=1S/C17H20N2O4S/c1-23-13-14-7-6-8-15(11-14)18-17(20)12-19(24(2,21)22)16-9-4-3-5-10-16/h3-11H,12-13H2,1-2H3,(H,18,20). The molecule has 2 rings (SSSR count). The normalized spacial score (nSPS) is 11.1. The number of hydrogen-bond donors (Lipinski definition) is 1. The quantitative estimate of drug-likeness (QED) is 0.833. The molecule has 2 aromatic rings. The summed E-state index contributed by atoms with van der Waals surface area (Å²) in [7, 11) is -1.98. The molecule has 0 aliphatic rings. The van der Waals surface area contributed by atoms with Crippen LogP contribution in [0.25, 0.3) is 0 Å². The van der Waals surface area contributed by atoms with Crippen LogP contribution in [0.1, 0.15) is 5.56 Å². The number of rotatable bonds is 7. The number of carbonyl (C=O) groups excluding carboxylic acids is 1. The van der Waals surface area contributed by atoms with E-state index in [4.69, 9.17) is 4.74 Å². The Morgan fingerprint density at radius 3 is 2.46 bits per heavy atom. The van der Waals surface area contributed by atoms with Gasteiger partial charge in [-0.25, -0.2) is 8.42 Å². The molecule has 0 aliphatic heterocycles. The van der Waals surface area contributed by atoms with Crippen molar-refractivity contribution in [1.82, 2.24) is 0 Å². The molecule has 2 aromatic carbocycles. The Morgan fingerprint density at radius 2 is 1.83 bits per heavy atom. The highest BCUT2D eigenvalue weighted by Crippen LogP contribution is 2.17. The lowest BCUT2D eigenvalue weighted by Crippen LogP contribution is -2.37. The summed E-state index contributed by atoms with van der Waals surface area (Å²) in [6, 6.07) is 15.7. The molecule has 24 heavy (non-hydrogen) atoms. The number of sulfonamides is 1. The number of methoxy groups -OCH3 is 1. The summed E-state index contributed by atoms with van der Waals surface area (Å²) in [5, 5.41) is 2.71. The minimum Gasteiger partial charge on any atom is -0.380 e. The number of nitrogens with zero attached hydrogens (tertiary/aromatic N) is 1. The molecule has 1 amide bonds. The molecule has 6 nitrogen and oxygen atoms in total. The molecular formula is C17H20N2O4S. The van der Waals surface area contributed by atoms with Crippen LogP contribution in [0.4, 0.5) is 11.4 Å². The first-order chi connectivity index (χ1) is 11.4. The molecule has 0 fully saturated rings. The topological polar surface area (TPSA) is 75.7 Å². The van der Waals surface area contributed by atoms with Crippen molar-refractivity contribution >= 4 is 27.3 Å². The van der Waals surface area contributed by atoms with Crippen molar-refractivity contribution in [1.29, 1.82) is 0 Å². The van der Waals surface area contributed by atoms with Gasteiger partial charge >= 0.3 is 0 Å². The predicted molar refractivity (Wildman–Crippen MR) is 94.4 cm³/mol. The summed E-state index contributed by atoms with van der Waals surface area (Å²) in [6.07, 6.45) is 1.08. The molecule has 0 saturated carbocycles. The van der Waals surface area contributed by atoms with Crippen LogP contribution in [0, 0.1) is 0 Å². The minimum absolute atomic E-state index is 0.294. The second-order valence-corrected chi connectivity index (χ2v) is 7.19. The molecule has 0 spiro atoms. The molecule has 0 saturated heterocycles. The van der Waals surface area contributed by atoms with E-state index in [1.165, 1.54) is 0 Å². The smallest absolute Gasteiger partial charge is 0.245 e. The molecule has 0 bridgehead atoms. The highest BCUT2D eigenvalue weighted by molar-refractivity contribution is 7.92. The molecule has 0 atom stereocenters. The van der Waals surface area contributed by atoms with Crippen molar-refractivity contribution in [3.05, 3.63) is 60.2 Å². The van der Waals surface area contributed by atoms with Crippen molar-refractivity contribution in [2.24, 2.45) is 0 Å². The van der Waals surface area contributed by atoms with Gasteiger partial charge in [-0.3, -0.25) is 9.10 Å². The van der Waals surface area contributed by atoms with Crippen LogP contribution in [-0.4, -0.2) is 34.2 Å². The Labute approximate surface area is 142 Å². The van der Waals surface area contributed by atoms with Gasteiger partial charge in [0.2, 0.25) is 15.9 Å². The zero-order valence-corrected chi connectivity index (χ0v) is 14.4. The lowest BCUT2D eigenvalue weighted by Gasteiger charge is -2.21. The van der Waals surface area contributed by atoms with E-state index in [0.717, 1.165) is 16.1 Å². The van der Waals surface area contributed by atoms with Gasteiger partial charge in [-0.1, -0.05) is 30.3 Å². The van der Waals surface area contributed by atoms with Crippen LogP contribution < -0.4 is 9.62 Å². The van der Waals surface area contributed by atoms with E-state index in [2.05, 4.69) is 5.32 Å². The Kier molecular flexibility index (Phi) is 5.94. The number of nitrogens with one attached hydrogen (secondary N) is 1. The largest absolute Gasteiger partial charge is 0.380 e. The molecule has 0 aliphatic carbocycles. The maximum absolute atomic E-state index is 12.3. The summed E-state index contributed by atoms with van der Waals surface area (Å²) in [4.78, 5) is 12.3. The third-order valence-corrected chi connectivity index (χ3v) is 4.39. The summed E-state index contributed by atoms with van der Waals surface area (Å²) in [6.45, 7) is 0.139. The van der Waals surface area contributed by atoms with E-state index in [9.17, 15) is 13.2 Å². The van der Waals surface area contributed by atoms with Crippen LogP contribution in [0.15, 0.2) is 54.6 Å². The highest BCUT2D eigenvalue weighted by Gasteiger charge is 2.20. The van der Waals surface area contributed by atoms with E-state index < -0.39 is 15.9 Å². The van der Waals surface area contributed by atoms with E-state index in [-0.39, 0.29) is 6.54 Å². The SMILES string of the molecule is COCc1cccc(NC(=O)CN(c2ccccc2)S(C)(=O)=O)c1. The summed E-state index contributed by atoms with van der Waals surface area (Å²) >= 11 is 0. The van der Waals surface area contributed by atoms with Crippen LogP contribution in [-0.2, 0) is 26.2 Å². The Morgan fingerprint density at radius 1 is 1.12 bits per heavy atom. The molecule has 0 aromatic heterocycles. The molecule has 0 radical (unpaired) electrons. The Hall–Kier alpha value is -2.38. The first kappa shape index (κ1) is 18.0. The second-order valence-electron chi connectivity index (χ2n) is 5.29. The number of carbonyl (C=O) groups is 1. The number of amides is 1. The van der Waals surface area contributed by atoms with Crippen molar-refractivity contribution in [2.45, 2.75) is 6.61 Å². The number of ether oxygens (including phenoxy) is 1. The maximum Gasteiger partial charge on any atom is 0.245 e. The second kappa shape index (κ2) is 7.94. The number of para-hydroxylation sites is 1. The third kappa shape index (κ3) is 5.07. The number of benzene rings is 2. The van der Waals surface area contributed by atoms with Gasteiger partial charge < -0.3 is 10.1 Å². The van der Waals surface area contributed by atoms with Gasteiger partial charge in [-0.2, -0.15) is 0 Å². The first-order valence-electron chi connectivity index (χ1n) is 7.30. The summed E-state index contributed by atoms with van der Waals surface area (Å²) in [5.41, 5.74) is 1.96. The van der Waals surface area contributed by atoms with Crippen LogP contribution in [0.5, 0.6) is 0 Å². The predicted octanol–water partition coefficient (Wildman–Crippen LogP) is 2.24.